The SMILES string of the molecule is CCCCCCCCCCCCCC(=O)Nc1ccc(-n2nc(OCCOCC)nc2-c2ccccc2C)cc1. The standard InChI is InChI=1S/C33H48N4O3/c1-4-6-7-8-9-10-11-12-13-14-15-20-31(38)34-28-21-23-29(24-22-28)37-32(30-19-17-16-18-27(30)3)35-33(36-37)40-26-25-39-5-2/h16-19,21-24H,4-15,20,25-26H2,1-3H3,(H,34,38). The van der Waals surface area contributed by atoms with Crippen molar-refractivity contribution in [3.05, 3.63) is 54.1 Å². The molecular weight excluding hydrogens is 500 g/mol. The third kappa shape index (κ3) is 10.8. The molecule has 40 heavy (non-hydrogen) atoms. The summed E-state index contributed by atoms with van der Waals surface area (Å²) in [6.45, 7) is 7.78. The molecule has 0 unspecified atom stereocenters. The highest BCUT2D eigenvalue weighted by Gasteiger charge is 2.16. The number of benzene rings is 2. The monoisotopic (exact) mass is 548 g/mol. The average Bonchev–Trinajstić information content (AvgIpc) is 3.38. The molecule has 3 rings (SSSR count). The van der Waals surface area contributed by atoms with Crippen LogP contribution in [0.3, 0.4) is 0 Å². The lowest BCUT2D eigenvalue weighted by molar-refractivity contribution is -0.116. The Morgan fingerprint density at radius 3 is 2.12 bits per heavy atom. The summed E-state index contributed by atoms with van der Waals surface area (Å²) in [6.07, 6.45) is 14.6. The summed E-state index contributed by atoms with van der Waals surface area (Å²) in [5.74, 6) is 0.771. The van der Waals surface area contributed by atoms with Crippen LogP contribution in [-0.4, -0.2) is 40.5 Å². The quantitative estimate of drug-likeness (QED) is 0.144. The van der Waals surface area contributed by atoms with E-state index in [1.165, 1.54) is 57.8 Å². The van der Waals surface area contributed by atoms with Crippen LogP contribution in [0, 0.1) is 6.92 Å². The first-order valence-electron chi connectivity index (χ1n) is 15.3. The van der Waals surface area contributed by atoms with E-state index in [9.17, 15) is 4.79 Å². The van der Waals surface area contributed by atoms with Crippen molar-refractivity contribution in [2.45, 2.75) is 97.8 Å². The molecule has 0 saturated carbocycles. The van der Waals surface area contributed by atoms with E-state index in [0.717, 1.165) is 35.3 Å². The number of anilines is 1. The van der Waals surface area contributed by atoms with Gasteiger partial charge in [0.05, 0.1) is 12.3 Å². The average molecular weight is 549 g/mol. The number of carbonyl (C=O) groups excluding carboxylic acids is 1. The molecule has 0 atom stereocenters. The van der Waals surface area contributed by atoms with E-state index in [4.69, 9.17) is 9.47 Å². The third-order valence-corrected chi connectivity index (χ3v) is 7.04. The molecule has 1 amide bonds. The highest BCUT2D eigenvalue weighted by Crippen LogP contribution is 2.27. The van der Waals surface area contributed by atoms with Gasteiger partial charge in [0.1, 0.15) is 6.61 Å². The van der Waals surface area contributed by atoms with E-state index >= 15 is 0 Å². The molecule has 1 N–H and O–H groups in total. The van der Waals surface area contributed by atoms with Gasteiger partial charge in [0, 0.05) is 24.3 Å². The van der Waals surface area contributed by atoms with Gasteiger partial charge in [-0.1, -0.05) is 95.4 Å². The second kappa shape index (κ2) is 18.2. The highest BCUT2D eigenvalue weighted by atomic mass is 16.5. The largest absolute Gasteiger partial charge is 0.460 e. The number of rotatable bonds is 20. The number of nitrogens with zero attached hydrogens (tertiary/aromatic N) is 3. The lowest BCUT2D eigenvalue weighted by Gasteiger charge is -2.10. The molecule has 3 aromatic rings. The van der Waals surface area contributed by atoms with Gasteiger partial charge in [0.2, 0.25) is 5.91 Å². The minimum atomic E-state index is 0.0648. The summed E-state index contributed by atoms with van der Waals surface area (Å²) in [5, 5.41) is 7.65. The smallest absolute Gasteiger partial charge is 0.336 e. The summed E-state index contributed by atoms with van der Waals surface area (Å²) in [7, 11) is 0. The maximum Gasteiger partial charge on any atom is 0.336 e. The summed E-state index contributed by atoms with van der Waals surface area (Å²) in [5.41, 5.74) is 3.71. The first-order valence-corrected chi connectivity index (χ1v) is 15.3. The number of aryl methyl sites for hydroxylation is 1. The number of unbranched alkanes of at least 4 members (excludes halogenated alkanes) is 10. The van der Waals surface area contributed by atoms with Crippen LogP contribution in [0.1, 0.15) is 96.5 Å². The predicted molar refractivity (Wildman–Crippen MR) is 163 cm³/mol. The molecule has 0 fully saturated rings. The zero-order valence-corrected chi connectivity index (χ0v) is 24.8. The molecule has 1 heterocycles. The van der Waals surface area contributed by atoms with Crippen LogP contribution in [0.2, 0.25) is 0 Å². The Balaban J connectivity index is 1.49. The Bertz CT molecular complexity index is 1130. The number of ether oxygens (including phenoxy) is 2. The van der Waals surface area contributed by atoms with Crippen LogP contribution in [0.5, 0.6) is 6.01 Å². The van der Waals surface area contributed by atoms with Crippen LogP contribution >= 0.6 is 0 Å². The molecule has 218 valence electrons. The van der Waals surface area contributed by atoms with Crippen molar-refractivity contribution in [3.8, 4) is 23.1 Å². The van der Waals surface area contributed by atoms with E-state index in [1.54, 1.807) is 4.68 Å². The number of aromatic nitrogens is 3. The van der Waals surface area contributed by atoms with Crippen molar-refractivity contribution in [2.24, 2.45) is 0 Å². The number of carbonyl (C=O) groups is 1. The first kappa shape index (κ1) is 31.3. The summed E-state index contributed by atoms with van der Waals surface area (Å²) in [6, 6.07) is 16.1. The van der Waals surface area contributed by atoms with Crippen LogP contribution in [0.15, 0.2) is 48.5 Å². The van der Waals surface area contributed by atoms with Gasteiger partial charge in [-0.3, -0.25) is 4.79 Å². The van der Waals surface area contributed by atoms with Crippen LogP contribution < -0.4 is 10.1 Å². The van der Waals surface area contributed by atoms with Gasteiger partial charge >= 0.3 is 6.01 Å². The van der Waals surface area contributed by atoms with Crippen molar-refractivity contribution >= 4 is 11.6 Å². The Labute approximate surface area is 240 Å². The van der Waals surface area contributed by atoms with Crippen LogP contribution in [-0.2, 0) is 9.53 Å². The van der Waals surface area contributed by atoms with Crippen molar-refractivity contribution in [1.82, 2.24) is 14.8 Å². The second-order valence-electron chi connectivity index (χ2n) is 10.4. The molecule has 0 radical (unpaired) electrons. The molecule has 2 aromatic carbocycles. The highest BCUT2D eigenvalue weighted by molar-refractivity contribution is 5.90. The third-order valence-electron chi connectivity index (χ3n) is 7.04. The van der Waals surface area contributed by atoms with Gasteiger partial charge in [-0.05, 0) is 50.1 Å². The zero-order valence-electron chi connectivity index (χ0n) is 24.8. The molecule has 0 saturated heterocycles. The number of amides is 1. The number of hydrogen-bond acceptors (Lipinski definition) is 5. The normalized spacial score (nSPS) is 11.1. The number of nitrogens with one attached hydrogen (secondary N) is 1. The lowest BCUT2D eigenvalue weighted by Crippen LogP contribution is -2.11. The maximum atomic E-state index is 12.5. The van der Waals surface area contributed by atoms with E-state index in [1.807, 2.05) is 49.4 Å². The summed E-state index contributed by atoms with van der Waals surface area (Å²) < 4.78 is 12.9. The van der Waals surface area contributed by atoms with Gasteiger partial charge < -0.3 is 14.8 Å². The van der Waals surface area contributed by atoms with Crippen LogP contribution in [0.4, 0.5) is 5.69 Å². The van der Waals surface area contributed by atoms with Crippen LogP contribution in [0.25, 0.3) is 17.1 Å². The molecule has 0 spiro atoms. The molecule has 0 aliphatic carbocycles. The van der Waals surface area contributed by atoms with E-state index in [2.05, 4.69) is 35.3 Å². The van der Waals surface area contributed by atoms with Crippen molar-refractivity contribution in [2.75, 3.05) is 25.1 Å². The minimum Gasteiger partial charge on any atom is -0.460 e. The lowest BCUT2D eigenvalue weighted by atomic mass is 10.1. The fourth-order valence-electron chi connectivity index (χ4n) is 4.73. The topological polar surface area (TPSA) is 78.3 Å². The second-order valence-corrected chi connectivity index (χ2v) is 10.4. The molecule has 0 aliphatic heterocycles. The fraction of sp³-hybridized carbons (Fsp3) is 0.545. The van der Waals surface area contributed by atoms with Gasteiger partial charge in [0.25, 0.3) is 0 Å². The van der Waals surface area contributed by atoms with Gasteiger partial charge in [-0.25, -0.2) is 4.68 Å². The molecular formula is C33H48N4O3. The minimum absolute atomic E-state index is 0.0648. The molecule has 0 bridgehead atoms. The fourth-order valence-corrected chi connectivity index (χ4v) is 4.73. The Hall–Kier alpha value is -3.19. The van der Waals surface area contributed by atoms with Crippen molar-refractivity contribution in [3.63, 3.8) is 0 Å². The Morgan fingerprint density at radius 1 is 0.825 bits per heavy atom. The van der Waals surface area contributed by atoms with Gasteiger partial charge in [-0.2, -0.15) is 4.98 Å². The first-order chi connectivity index (χ1) is 19.6. The molecule has 7 heteroatoms. The van der Waals surface area contributed by atoms with E-state index < -0.39 is 0 Å². The zero-order chi connectivity index (χ0) is 28.4. The number of hydrogen-bond donors (Lipinski definition) is 1. The van der Waals surface area contributed by atoms with Gasteiger partial charge in [-0.15, -0.1) is 5.10 Å². The Kier molecular flexibility index (Phi) is 14.3. The van der Waals surface area contributed by atoms with E-state index in [0.29, 0.717) is 38.1 Å². The predicted octanol–water partition coefficient (Wildman–Crippen LogP) is 8.30. The van der Waals surface area contributed by atoms with E-state index in [-0.39, 0.29) is 5.91 Å². The van der Waals surface area contributed by atoms with Gasteiger partial charge in [0.15, 0.2) is 5.82 Å². The molecule has 0 aliphatic rings. The molecule has 1 aromatic heterocycles. The Morgan fingerprint density at radius 2 is 1.48 bits per heavy atom. The summed E-state index contributed by atoms with van der Waals surface area (Å²) >= 11 is 0. The van der Waals surface area contributed by atoms with Crippen molar-refractivity contribution in [1.29, 1.82) is 0 Å². The van der Waals surface area contributed by atoms with Crippen molar-refractivity contribution < 1.29 is 14.3 Å². The summed E-state index contributed by atoms with van der Waals surface area (Å²) in [4.78, 5) is 17.2. The molecule has 7 nitrogen and oxygen atoms in total. The maximum absolute atomic E-state index is 12.5.